The van der Waals surface area contributed by atoms with Crippen molar-refractivity contribution in [3.8, 4) is 5.75 Å². The summed E-state index contributed by atoms with van der Waals surface area (Å²) in [5, 5.41) is 10.1. The van der Waals surface area contributed by atoms with Gasteiger partial charge in [-0.1, -0.05) is 30.3 Å². The molecule has 0 spiro atoms. The predicted octanol–water partition coefficient (Wildman–Crippen LogP) is 4.04. The number of carbonyl (C=O) groups excluding carboxylic acids is 1. The molecular weight excluding hydrogens is 400 g/mol. The fourth-order valence-corrected chi connectivity index (χ4v) is 4.17. The molecule has 1 aromatic heterocycles. The minimum absolute atomic E-state index is 0.0942. The first-order valence-electron chi connectivity index (χ1n) is 11.4. The van der Waals surface area contributed by atoms with Gasteiger partial charge >= 0.3 is 0 Å². The van der Waals surface area contributed by atoms with E-state index in [-0.39, 0.29) is 12.0 Å². The molecule has 1 aliphatic rings. The molecule has 1 amide bonds. The molecule has 2 N–H and O–H groups in total. The minimum atomic E-state index is -0.0942. The number of H-pyrrole nitrogens is 1. The second-order valence-electron chi connectivity index (χ2n) is 8.51. The number of benzene rings is 2. The number of nitrogens with zero attached hydrogens (tertiary/aromatic N) is 2. The quantitative estimate of drug-likeness (QED) is 0.564. The number of rotatable bonds is 8. The number of nitrogens with one attached hydrogen (secondary N) is 2. The third kappa shape index (κ3) is 5.77. The van der Waals surface area contributed by atoms with Crippen molar-refractivity contribution in [3.63, 3.8) is 0 Å². The van der Waals surface area contributed by atoms with E-state index in [4.69, 9.17) is 4.74 Å². The fourth-order valence-electron chi connectivity index (χ4n) is 4.17. The van der Waals surface area contributed by atoms with Crippen molar-refractivity contribution in [3.05, 3.63) is 82.7 Å². The molecule has 2 heterocycles. The number of aryl methyl sites for hydroxylation is 2. The van der Waals surface area contributed by atoms with Crippen LogP contribution in [0.15, 0.2) is 54.6 Å². The van der Waals surface area contributed by atoms with Crippen LogP contribution in [-0.2, 0) is 13.0 Å². The second-order valence-corrected chi connectivity index (χ2v) is 8.51. The molecule has 0 radical (unpaired) electrons. The van der Waals surface area contributed by atoms with Crippen LogP contribution in [0.5, 0.6) is 5.75 Å². The highest BCUT2D eigenvalue weighted by Crippen LogP contribution is 2.20. The maximum atomic E-state index is 12.5. The number of hydrogen-bond donors (Lipinski definition) is 2. The summed E-state index contributed by atoms with van der Waals surface area (Å²) in [5.41, 5.74) is 4.96. The molecule has 168 valence electrons. The molecule has 1 fully saturated rings. The van der Waals surface area contributed by atoms with Crippen molar-refractivity contribution >= 4 is 5.91 Å². The molecule has 0 atom stereocenters. The lowest BCUT2D eigenvalue weighted by molar-refractivity contribution is 0.0950. The van der Waals surface area contributed by atoms with Crippen molar-refractivity contribution in [2.75, 3.05) is 19.6 Å². The standard InChI is InChI=1S/C26H32N4O2/c1-19-25(20(2)29-28-19)18-27-26(31)22-8-10-23(11-9-22)32-24-13-16-30(17-14-24)15-12-21-6-4-3-5-7-21/h3-11,24H,12-18H2,1-2H3,(H,27,31)(H,28,29). The summed E-state index contributed by atoms with van der Waals surface area (Å²) in [4.78, 5) is 15.0. The summed E-state index contributed by atoms with van der Waals surface area (Å²) in [6, 6.07) is 18.1. The van der Waals surface area contributed by atoms with Crippen molar-refractivity contribution in [2.24, 2.45) is 0 Å². The maximum absolute atomic E-state index is 12.5. The van der Waals surface area contributed by atoms with Gasteiger partial charge in [0.05, 0.1) is 5.69 Å². The number of aromatic amines is 1. The van der Waals surface area contributed by atoms with Gasteiger partial charge in [0.15, 0.2) is 0 Å². The zero-order valence-electron chi connectivity index (χ0n) is 18.9. The van der Waals surface area contributed by atoms with Crippen LogP contribution in [-0.4, -0.2) is 46.7 Å². The second kappa shape index (κ2) is 10.5. The van der Waals surface area contributed by atoms with Crippen molar-refractivity contribution < 1.29 is 9.53 Å². The minimum Gasteiger partial charge on any atom is -0.490 e. The Labute approximate surface area is 190 Å². The number of likely N-dealkylation sites (tertiary alicyclic amines) is 1. The van der Waals surface area contributed by atoms with E-state index in [1.165, 1.54) is 5.56 Å². The zero-order valence-corrected chi connectivity index (χ0v) is 18.9. The van der Waals surface area contributed by atoms with E-state index in [0.717, 1.165) is 61.6 Å². The summed E-state index contributed by atoms with van der Waals surface area (Å²) < 4.78 is 6.18. The smallest absolute Gasteiger partial charge is 0.251 e. The van der Waals surface area contributed by atoms with E-state index in [2.05, 4.69) is 50.7 Å². The van der Waals surface area contributed by atoms with Gasteiger partial charge in [-0.3, -0.25) is 9.89 Å². The lowest BCUT2D eigenvalue weighted by Crippen LogP contribution is -2.39. The Bertz CT molecular complexity index is 987. The summed E-state index contributed by atoms with van der Waals surface area (Å²) in [6.45, 7) is 7.58. The molecule has 1 saturated heterocycles. The number of carbonyl (C=O) groups is 1. The van der Waals surface area contributed by atoms with Gasteiger partial charge in [0, 0.05) is 43.0 Å². The average Bonchev–Trinajstić information content (AvgIpc) is 3.15. The Kier molecular flexibility index (Phi) is 7.22. The monoisotopic (exact) mass is 432 g/mol. The first-order valence-corrected chi connectivity index (χ1v) is 11.4. The number of hydrogen-bond acceptors (Lipinski definition) is 4. The van der Waals surface area contributed by atoms with Gasteiger partial charge in [0.2, 0.25) is 0 Å². The van der Waals surface area contributed by atoms with E-state index in [0.29, 0.717) is 12.1 Å². The van der Waals surface area contributed by atoms with Gasteiger partial charge in [0.1, 0.15) is 11.9 Å². The molecule has 4 rings (SSSR count). The lowest BCUT2D eigenvalue weighted by atomic mass is 10.1. The lowest BCUT2D eigenvalue weighted by Gasteiger charge is -2.32. The molecular formula is C26H32N4O2. The number of ether oxygens (including phenoxy) is 1. The van der Waals surface area contributed by atoms with Crippen LogP contribution in [0.3, 0.4) is 0 Å². The first kappa shape index (κ1) is 22.1. The molecule has 0 bridgehead atoms. The van der Waals surface area contributed by atoms with Gasteiger partial charge < -0.3 is 15.0 Å². The molecule has 3 aromatic rings. The van der Waals surface area contributed by atoms with E-state index in [9.17, 15) is 4.79 Å². The molecule has 2 aromatic carbocycles. The van der Waals surface area contributed by atoms with Crippen LogP contribution in [0.2, 0.25) is 0 Å². The van der Waals surface area contributed by atoms with Gasteiger partial charge in [-0.25, -0.2) is 0 Å². The highest BCUT2D eigenvalue weighted by molar-refractivity contribution is 5.94. The largest absolute Gasteiger partial charge is 0.490 e. The third-order valence-electron chi connectivity index (χ3n) is 6.22. The molecule has 32 heavy (non-hydrogen) atoms. The van der Waals surface area contributed by atoms with E-state index < -0.39 is 0 Å². The van der Waals surface area contributed by atoms with E-state index in [1.807, 2.05) is 38.1 Å². The Balaban J connectivity index is 1.20. The van der Waals surface area contributed by atoms with Crippen LogP contribution in [0, 0.1) is 13.8 Å². The SMILES string of the molecule is Cc1n[nH]c(C)c1CNC(=O)c1ccc(OC2CCN(CCc3ccccc3)CC2)cc1. The van der Waals surface area contributed by atoms with Gasteiger partial charge in [-0.05, 0) is 62.9 Å². The van der Waals surface area contributed by atoms with Crippen LogP contribution < -0.4 is 10.1 Å². The van der Waals surface area contributed by atoms with Crippen molar-refractivity contribution in [2.45, 2.75) is 45.8 Å². The molecule has 0 unspecified atom stereocenters. The molecule has 6 nitrogen and oxygen atoms in total. The summed E-state index contributed by atoms with van der Waals surface area (Å²) in [7, 11) is 0. The Hall–Kier alpha value is -3.12. The molecule has 0 saturated carbocycles. The molecule has 0 aliphatic carbocycles. The summed E-state index contributed by atoms with van der Waals surface area (Å²) in [6.07, 6.45) is 3.38. The van der Waals surface area contributed by atoms with Gasteiger partial charge in [-0.2, -0.15) is 5.10 Å². The Morgan fingerprint density at radius 3 is 2.47 bits per heavy atom. The van der Waals surface area contributed by atoms with E-state index >= 15 is 0 Å². The van der Waals surface area contributed by atoms with Crippen LogP contribution in [0.4, 0.5) is 0 Å². The normalized spacial score (nSPS) is 14.9. The van der Waals surface area contributed by atoms with E-state index in [1.54, 1.807) is 0 Å². The van der Waals surface area contributed by atoms with Gasteiger partial charge in [0.25, 0.3) is 5.91 Å². The number of amides is 1. The number of aromatic nitrogens is 2. The zero-order chi connectivity index (χ0) is 22.3. The molecule has 6 heteroatoms. The summed E-state index contributed by atoms with van der Waals surface area (Å²) in [5.74, 6) is 0.731. The van der Waals surface area contributed by atoms with Crippen LogP contribution in [0.1, 0.15) is 45.7 Å². The Morgan fingerprint density at radius 2 is 1.81 bits per heavy atom. The molecule has 1 aliphatic heterocycles. The Morgan fingerprint density at radius 1 is 1.09 bits per heavy atom. The predicted molar refractivity (Wildman–Crippen MR) is 126 cm³/mol. The third-order valence-corrected chi connectivity index (χ3v) is 6.22. The average molecular weight is 433 g/mol. The highest BCUT2D eigenvalue weighted by Gasteiger charge is 2.20. The van der Waals surface area contributed by atoms with Crippen LogP contribution in [0.25, 0.3) is 0 Å². The number of piperidine rings is 1. The maximum Gasteiger partial charge on any atom is 0.251 e. The van der Waals surface area contributed by atoms with Crippen molar-refractivity contribution in [1.29, 1.82) is 0 Å². The first-order chi connectivity index (χ1) is 15.6. The summed E-state index contributed by atoms with van der Waals surface area (Å²) >= 11 is 0. The van der Waals surface area contributed by atoms with Gasteiger partial charge in [-0.15, -0.1) is 0 Å². The topological polar surface area (TPSA) is 70.2 Å². The van der Waals surface area contributed by atoms with Crippen LogP contribution >= 0.6 is 0 Å². The van der Waals surface area contributed by atoms with Crippen molar-refractivity contribution in [1.82, 2.24) is 20.4 Å². The highest BCUT2D eigenvalue weighted by atomic mass is 16.5. The fraction of sp³-hybridized carbons (Fsp3) is 0.385.